The quantitative estimate of drug-likeness (QED) is 0.580. The first kappa shape index (κ1) is 16.9. The molecule has 2 amide bonds. The van der Waals surface area contributed by atoms with Crippen LogP contribution in [0, 0.1) is 5.92 Å². The smallest absolute Gasteiger partial charge is 0.239 e. The van der Waals surface area contributed by atoms with Crippen LogP contribution in [0.1, 0.15) is 20.3 Å². The van der Waals surface area contributed by atoms with Crippen LogP contribution in [-0.2, 0) is 14.3 Å². The third kappa shape index (κ3) is 6.56. The van der Waals surface area contributed by atoms with Crippen LogP contribution in [0.25, 0.3) is 0 Å². The predicted octanol–water partition coefficient (Wildman–Crippen LogP) is -0.419. The lowest BCUT2D eigenvalue weighted by atomic mass is 10.0. The molecule has 0 radical (unpaired) electrons. The summed E-state index contributed by atoms with van der Waals surface area (Å²) in [5.74, 6) is -0.334. The van der Waals surface area contributed by atoms with Crippen LogP contribution in [0.5, 0.6) is 0 Å². The zero-order chi connectivity index (χ0) is 14.1. The number of nitrogens with zero attached hydrogens (tertiary/aromatic N) is 1. The maximum absolute atomic E-state index is 11.8. The van der Waals surface area contributed by atoms with Crippen molar-refractivity contribution in [3.05, 3.63) is 0 Å². The van der Waals surface area contributed by atoms with Crippen molar-refractivity contribution in [3.8, 4) is 0 Å². The molecule has 0 heterocycles. The number of methoxy groups -OCH3 is 1. The molecule has 1 atom stereocenters. The zero-order valence-corrected chi connectivity index (χ0v) is 11.7. The summed E-state index contributed by atoms with van der Waals surface area (Å²) in [7, 11) is 3.20. The summed E-state index contributed by atoms with van der Waals surface area (Å²) >= 11 is 0. The van der Waals surface area contributed by atoms with Crippen LogP contribution in [-0.4, -0.2) is 56.6 Å². The molecule has 0 saturated heterocycles. The second-order valence-corrected chi connectivity index (χ2v) is 4.66. The highest BCUT2D eigenvalue weighted by Gasteiger charge is 2.22. The number of nitrogens with two attached hydrogens (primary N) is 1. The molecule has 0 saturated carbocycles. The van der Waals surface area contributed by atoms with Crippen LogP contribution < -0.4 is 11.1 Å². The van der Waals surface area contributed by atoms with Gasteiger partial charge in [0.05, 0.1) is 12.6 Å². The molecular formula is C12H25N3O3. The van der Waals surface area contributed by atoms with Crippen LogP contribution in [0.2, 0.25) is 0 Å². The average Bonchev–Trinajstić information content (AvgIpc) is 2.32. The van der Waals surface area contributed by atoms with Gasteiger partial charge in [-0.2, -0.15) is 0 Å². The SMILES string of the molecule is COCCCNC(=O)CN(C)C(=O)C(N)C(C)C. The van der Waals surface area contributed by atoms with Crippen molar-refractivity contribution in [2.24, 2.45) is 11.7 Å². The fraction of sp³-hybridized carbons (Fsp3) is 0.833. The zero-order valence-electron chi connectivity index (χ0n) is 11.7. The largest absolute Gasteiger partial charge is 0.385 e. The molecule has 0 aromatic carbocycles. The number of nitrogens with one attached hydrogen (secondary N) is 1. The molecule has 0 spiro atoms. The molecule has 0 aromatic heterocycles. The Hall–Kier alpha value is -1.14. The van der Waals surface area contributed by atoms with Gasteiger partial charge in [0, 0.05) is 27.3 Å². The summed E-state index contributed by atoms with van der Waals surface area (Å²) in [6.45, 7) is 4.94. The summed E-state index contributed by atoms with van der Waals surface area (Å²) in [5.41, 5.74) is 5.74. The molecule has 0 bridgehead atoms. The minimum atomic E-state index is -0.559. The number of ether oxygens (including phenoxy) is 1. The van der Waals surface area contributed by atoms with E-state index in [0.29, 0.717) is 13.2 Å². The third-order valence-electron chi connectivity index (χ3n) is 2.61. The second-order valence-electron chi connectivity index (χ2n) is 4.66. The third-order valence-corrected chi connectivity index (χ3v) is 2.61. The highest BCUT2D eigenvalue weighted by Crippen LogP contribution is 2.01. The molecule has 6 nitrogen and oxygen atoms in total. The van der Waals surface area contributed by atoms with Gasteiger partial charge in [0.25, 0.3) is 0 Å². The first-order valence-electron chi connectivity index (χ1n) is 6.16. The van der Waals surface area contributed by atoms with Gasteiger partial charge in [0.2, 0.25) is 11.8 Å². The van der Waals surface area contributed by atoms with Gasteiger partial charge in [-0.05, 0) is 12.3 Å². The lowest BCUT2D eigenvalue weighted by molar-refractivity contribution is -0.136. The molecule has 0 rings (SSSR count). The Morgan fingerprint density at radius 3 is 2.50 bits per heavy atom. The Morgan fingerprint density at radius 1 is 1.39 bits per heavy atom. The van der Waals surface area contributed by atoms with E-state index in [2.05, 4.69) is 5.32 Å². The lowest BCUT2D eigenvalue weighted by Crippen LogP contribution is -2.48. The Labute approximate surface area is 109 Å². The fourth-order valence-electron chi connectivity index (χ4n) is 1.33. The van der Waals surface area contributed by atoms with Gasteiger partial charge in [-0.1, -0.05) is 13.8 Å². The van der Waals surface area contributed by atoms with Gasteiger partial charge < -0.3 is 20.7 Å². The van der Waals surface area contributed by atoms with Crippen molar-refractivity contribution in [2.75, 3.05) is 33.9 Å². The minimum absolute atomic E-state index is 0.0340. The maximum Gasteiger partial charge on any atom is 0.239 e. The van der Waals surface area contributed by atoms with Crippen molar-refractivity contribution in [3.63, 3.8) is 0 Å². The number of hydrogen-bond acceptors (Lipinski definition) is 4. The van der Waals surface area contributed by atoms with E-state index in [9.17, 15) is 9.59 Å². The molecule has 0 aliphatic carbocycles. The molecule has 0 aromatic rings. The summed E-state index contributed by atoms with van der Waals surface area (Å²) in [6.07, 6.45) is 0.755. The first-order valence-corrected chi connectivity index (χ1v) is 6.16. The summed E-state index contributed by atoms with van der Waals surface area (Å²) < 4.78 is 4.87. The van der Waals surface area contributed by atoms with Crippen molar-refractivity contribution in [1.82, 2.24) is 10.2 Å². The molecular weight excluding hydrogens is 234 g/mol. The summed E-state index contributed by atoms with van der Waals surface area (Å²) in [6, 6.07) is -0.559. The number of rotatable bonds is 8. The molecule has 0 aliphatic rings. The van der Waals surface area contributed by atoms with Gasteiger partial charge in [0.1, 0.15) is 0 Å². The standard InChI is InChI=1S/C12H25N3O3/c1-9(2)11(13)12(17)15(3)8-10(16)14-6-5-7-18-4/h9,11H,5-8,13H2,1-4H3,(H,14,16). The van der Waals surface area contributed by atoms with E-state index in [4.69, 9.17) is 10.5 Å². The van der Waals surface area contributed by atoms with Gasteiger partial charge >= 0.3 is 0 Å². The van der Waals surface area contributed by atoms with E-state index in [0.717, 1.165) is 6.42 Å². The second kappa shape index (κ2) is 8.88. The number of hydrogen-bond donors (Lipinski definition) is 2. The molecule has 0 fully saturated rings. The van der Waals surface area contributed by atoms with Crippen molar-refractivity contribution < 1.29 is 14.3 Å². The first-order chi connectivity index (χ1) is 8.40. The Kier molecular flexibility index (Phi) is 8.32. The monoisotopic (exact) mass is 259 g/mol. The fourth-order valence-corrected chi connectivity index (χ4v) is 1.33. The maximum atomic E-state index is 11.8. The lowest BCUT2D eigenvalue weighted by Gasteiger charge is -2.22. The number of likely N-dealkylation sites (N-methyl/N-ethyl adjacent to an activating group) is 1. The molecule has 0 aliphatic heterocycles. The van der Waals surface area contributed by atoms with Crippen molar-refractivity contribution >= 4 is 11.8 Å². The normalized spacial score (nSPS) is 12.3. The van der Waals surface area contributed by atoms with E-state index in [-0.39, 0.29) is 24.3 Å². The highest BCUT2D eigenvalue weighted by molar-refractivity contribution is 5.87. The minimum Gasteiger partial charge on any atom is -0.385 e. The van der Waals surface area contributed by atoms with Gasteiger partial charge in [-0.25, -0.2) is 0 Å². The van der Waals surface area contributed by atoms with Gasteiger partial charge in [0.15, 0.2) is 0 Å². The molecule has 106 valence electrons. The van der Waals surface area contributed by atoms with Crippen LogP contribution >= 0.6 is 0 Å². The molecule has 6 heteroatoms. The average molecular weight is 259 g/mol. The number of carbonyl (C=O) groups excluding carboxylic acids is 2. The Bertz CT molecular complexity index is 269. The molecule has 3 N–H and O–H groups in total. The van der Waals surface area contributed by atoms with Crippen LogP contribution in [0.15, 0.2) is 0 Å². The predicted molar refractivity (Wildman–Crippen MR) is 70.0 cm³/mol. The molecule has 1 unspecified atom stereocenters. The molecule has 18 heavy (non-hydrogen) atoms. The van der Waals surface area contributed by atoms with Crippen molar-refractivity contribution in [1.29, 1.82) is 0 Å². The van der Waals surface area contributed by atoms with Gasteiger partial charge in [-0.3, -0.25) is 9.59 Å². The number of amides is 2. The van der Waals surface area contributed by atoms with Gasteiger partial charge in [-0.15, -0.1) is 0 Å². The Balaban J connectivity index is 3.96. The highest BCUT2D eigenvalue weighted by atomic mass is 16.5. The van der Waals surface area contributed by atoms with Crippen molar-refractivity contribution in [2.45, 2.75) is 26.3 Å². The summed E-state index contributed by atoms with van der Waals surface area (Å²) in [4.78, 5) is 24.7. The van der Waals surface area contributed by atoms with E-state index in [1.54, 1.807) is 14.2 Å². The van der Waals surface area contributed by atoms with E-state index in [1.165, 1.54) is 4.90 Å². The van der Waals surface area contributed by atoms with Crippen LogP contribution in [0.4, 0.5) is 0 Å². The van der Waals surface area contributed by atoms with E-state index < -0.39 is 6.04 Å². The topological polar surface area (TPSA) is 84.7 Å². The van der Waals surface area contributed by atoms with E-state index in [1.807, 2.05) is 13.8 Å². The summed E-state index contributed by atoms with van der Waals surface area (Å²) in [5, 5.41) is 2.72. The van der Waals surface area contributed by atoms with E-state index >= 15 is 0 Å². The Morgan fingerprint density at radius 2 is 2.00 bits per heavy atom. The number of carbonyl (C=O) groups is 2. The van der Waals surface area contributed by atoms with Crippen LogP contribution in [0.3, 0.4) is 0 Å².